The lowest BCUT2D eigenvalue weighted by molar-refractivity contribution is -0.384. The molecule has 0 radical (unpaired) electrons. The van der Waals surface area contributed by atoms with Crippen LogP contribution in [0.3, 0.4) is 0 Å². The summed E-state index contributed by atoms with van der Waals surface area (Å²) in [7, 11) is 0. The fourth-order valence-corrected chi connectivity index (χ4v) is 2.11. The maximum Gasteiger partial charge on any atom is 0.273 e. The Bertz CT molecular complexity index is 456. The van der Waals surface area contributed by atoms with Crippen molar-refractivity contribution in [2.24, 2.45) is 0 Å². The molecule has 0 aromatic heterocycles. The smallest absolute Gasteiger partial charge is 0.273 e. The molecule has 18 heavy (non-hydrogen) atoms. The zero-order valence-electron chi connectivity index (χ0n) is 10.3. The van der Waals surface area contributed by atoms with Crippen molar-refractivity contribution in [2.45, 2.75) is 25.3 Å². The first-order valence-electron chi connectivity index (χ1n) is 5.89. The molecule has 0 atom stereocenters. The van der Waals surface area contributed by atoms with E-state index in [4.69, 9.17) is 10.5 Å². The van der Waals surface area contributed by atoms with Crippen molar-refractivity contribution in [3.05, 3.63) is 28.3 Å². The van der Waals surface area contributed by atoms with Crippen molar-refractivity contribution in [3.63, 3.8) is 0 Å². The van der Waals surface area contributed by atoms with Crippen molar-refractivity contribution >= 4 is 17.1 Å². The summed E-state index contributed by atoms with van der Waals surface area (Å²) >= 11 is 0. The number of non-ortho nitro benzene ring substituents is 1. The molecule has 1 aromatic rings. The second-order valence-electron chi connectivity index (χ2n) is 4.87. The molecule has 2 rings (SSSR count). The number of nitrogens with one attached hydrogen (secondary N) is 1. The highest BCUT2D eigenvalue weighted by Crippen LogP contribution is 2.29. The quantitative estimate of drug-likeness (QED) is 0.488. The maximum atomic E-state index is 10.8. The summed E-state index contributed by atoms with van der Waals surface area (Å²) in [5.74, 6) is 0. The van der Waals surface area contributed by atoms with Gasteiger partial charge in [0, 0.05) is 42.3 Å². The Hall–Kier alpha value is -1.82. The fourth-order valence-electron chi connectivity index (χ4n) is 2.11. The predicted octanol–water partition coefficient (Wildman–Crippen LogP) is 2.16. The highest BCUT2D eigenvalue weighted by Gasteiger charge is 2.27. The molecule has 1 aromatic carbocycles. The van der Waals surface area contributed by atoms with E-state index >= 15 is 0 Å². The lowest BCUT2D eigenvalue weighted by Crippen LogP contribution is -2.40. The Morgan fingerprint density at radius 1 is 1.39 bits per heavy atom. The molecule has 0 aliphatic carbocycles. The van der Waals surface area contributed by atoms with E-state index in [1.807, 2.05) is 0 Å². The number of benzene rings is 1. The Morgan fingerprint density at radius 3 is 2.67 bits per heavy atom. The Kier molecular flexibility index (Phi) is 3.38. The van der Waals surface area contributed by atoms with E-state index in [0.717, 1.165) is 12.8 Å². The van der Waals surface area contributed by atoms with Gasteiger partial charge in [-0.3, -0.25) is 10.1 Å². The normalized spacial score (nSPS) is 18.3. The first kappa shape index (κ1) is 12.6. The van der Waals surface area contributed by atoms with Gasteiger partial charge in [-0.25, -0.2) is 0 Å². The Morgan fingerprint density at radius 2 is 2.06 bits per heavy atom. The summed E-state index contributed by atoms with van der Waals surface area (Å²) in [4.78, 5) is 10.3. The van der Waals surface area contributed by atoms with Crippen LogP contribution in [0.1, 0.15) is 19.8 Å². The maximum absolute atomic E-state index is 10.8. The SMILES string of the molecule is CC1(Nc2cc(N)cc([N+](=O)[O-])c2)CCOCC1. The van der Waals surface area contributed by atoms with Crippen LogP contribution in [0.25, 0.3) is 0 Å². The van der Waals surface area contributed by atoms with Crippen molar-refractivity contribution in [3.8, 4) is 0 Å². The van der Waals surface area contributed by atoms with Crippen molar-refractivity contribution in [1.82, 2.24) is 0 Å². The van der Waals surface area contributed by atoms with Crippen LogP contribution in [0.5, 0.6) is 0 Å². The molecule has 1 aliphatic heterocycles. The first-order chi connectivity index (χ1) is 8.48. The molecule has 0 bridgehead atoms. The van der Waals surface area contributed by atoms with Crippen LogP contribution in [0.4, 0.5) is 17.1 Å². The Labute approximate surface area is 105 Å². The van der Waals surface area contributed by atoms with Crippen LogP contribution in [-0.2, 0) is 4.74 Å². The van der Waals surface area contributed by atoms with Crippen LogP contribution in [0, 0.1) is 10.1 Å². The third-order valence-corrected chi connectivity index (χ3v) is 3.19. The summed E-state index contributed by atoms with van der Waals surface area (Å²) in [5.41, 5.74) is 6.66. The number of ether oxygens (including phenoxy) is 1. The van der Waals surface area contributed by atoms with Crippen LogP contribution in [-0.4, -0.2) is 23.7 Å². The van der Waals surface area contributed by atoms with Gasteiger partial charge in [0.05, 0.1) is 4.92 Å². The number of nitro benzene ring substituents is 1. The van der Waals surface area contributed by atoms with Crippen LogP contribution < -0.4 is 11.1 Å². The van der Waals surface area contributed by atoms with Gasteiger partial charge in [-0.2, -0.15) is 0 Å². The highest BCUT2D eigenvalue weighted by molar-refractivity contribution is 5.62. The minimum absolute atomic E-state index is 0.00756. The van der Waals surface area contributed by atoms with Gasteiger partial charge in [-0.1, -0.05) is 0 Å². The number of hydrogen-bond donors (Lipinski definition) is 2. The molecule has 3 N–H and O–H groups in total. The second kappa shape index (κ2) is 4.81. The zero-order valence-corrected chi connectivity index (χ0v) is 10.3. The molecular weight excluding hydrogens is 234 g/mol. The number of nitrogen functional groups attached to an aromatic ring is 1. The number of nitro groups is 1. The fraction of sp³-hybridized carbons (Fsp3) is 0.500. The predicted molar refractivity (Wildman–Crippen MR) is 69.6 cm³/mol. The number of hydrogen-bond acceptors (Lipinski definition) is 5. The minimum atomic E-state index is -0.437. The van der Waals surface area contributed by atoms with E-state index in [2.05, 4.69) is 12.2 Å². The van der Waals surface area contributed by atoms with Crippen LogP contribution in [0.15, 0.2) is 18.2 Å². The summed E-state index contributed by atoms with van der Waals surface area (Å²) < 4.78 is 5.32. The molecule has 1 aliphatic rings. The number of rotatable bonds is 3. The van der Waals surface area contributed by atoms with E-state index in [1.165, 1.54) is 12.1 Å². The third kappa shape index (κ3) is 2.89. The van der Waals surface area contributed by atoms with Gasteiger partial charge in [0.15, 0.2) is 0 Å². The average Bonchev–Trinajstić information content (AvgIpc) is 2.28. The zero-order chi connectivity index (χ0) is 13.2. The lowest BCUT2D eigenvalue weighted by Gasteiger charge is -2.35. The van der Waals surface area contributed by atoms with E-state index in [0.29, 0.717) is 24.6 Å². The van der Waals surface area contributed by atoms with Gasteiger partial charge in [-0.15, -0.1) is 0 Å². The molecular formula is C12H17N3O3. The Balaban J connectivity index is 2.20. The number of nitrogens with zero attached hydrogens (tertiary/aromatic N) is 1. The lowest BCUT2D eigenvalue weighted by atomic mass is 9.92. The topological polar surface area (TPSA) is 90.4 Å². The van der Waals surface area contributed by atoms with Gasteiger partial charge < -0.3 is 15.8 Å². The van der Waals surface area contributed by atoms with E-state index < -0.39 is 4.92 Å². The van der Waals surface area contributed by atoms with E-state index in [1.54, 1.807) is 6.07 Å². The van der Waals surface area contributed by atoms with Crippen molar-refractivity contribution in [2.75, 3.05) is 24.3 Å². The number of nitrogens with two attached hydrogens (primary N) is 1. The molecule has 0 amide bonds. The van der Waals surface area contributed by atoms with E-state index in [9.17, 15) is 10.1 Å². The third-order valence-electron chi connectivity index (χ3n) is 3.19. The summed E-state index contributed by atoms with van der Waals surface area (Å²) in [6.07, 6.45) is 1.74. The molecule has 0 saturated carbocycles. The molecule has 6 nitrogen and oxygen atoms in total. The van der Waals surface area contributed by atoms with Crippen LogP contribution in [0.2, 0.25) is 0 Å². The van der Waals surface area contributed by atoms with Gasteiger partial charge in [0.1, 0.15) is 0 Å². The summed E-state index contributed by atoms with van der Waals surface area (Å²) in [6, 6.07) is 4.59. The van der Waals surface area contributed by atoms with Gasteiger partial charge in [-0.05, 0) is 25.8 Å². The molecule has 1 fully saturated rings. The standard InChI is InChI=1S/C12H17N3O3/c1-12(2-4-18-5-3-12)14-10-6-9(13)7-11(8-10)15(16)17/h6-8,14H,2-5,13H2,1H3. The molecule has 1 saturated heterocycles. The monoisotopic (exact) mass is 251 g/mol. The van der Waals surface area contributed by atoms with Crippen molar-refractivity contribution < 1.29 is 9.66 Å². The average molecular weight is 251 g/mol. The number of anilines is 2. The van der Waals surface area contributed by atoms with Crippen LogP contribution >= 0.6 is 0 Å². The molecule has 6 heteroatoms. The van der Waals surface area contributed by atoms with Gasteiger partial charge >= 0.3 is 0 Å². The summed E-state index contributed by atoms with van der Waals surface area (Å²) in [5, 5.41) is 14.1. The molecule has 1 heterocycles. The van der Waals surface area contributed by atoms with E-state index in [-0.39, 0.29) is 11.2 Å². The minimum Gasteiger partial charge on any atom is -0.398 e. The molecule has 0 unspecified atom stereocenters. The largest absolute Gasteiger partial charge is 0.398 e. The molecule has 0 spiro atoms. The highest BCUT2D eigenvalue weighted by atomic mass is 16.6. The first-order valence-corrected chi connectivity index (χ1v) is 5.89. The molecule has 98 valence electrons. The summed E-state index contributed by atoms with van der Waals surface area (Å²) in [6.45, 7) is 3.49. The second-order valence-corrected chi connectivity index (χ2v) is 4.87. The van der Waals surface area contributed by atoms with Gasteiger partial charge in [0.2, 0.25) is 0 Å². The van der Waals surface area contributed by atoms with Crippen molar-refractivity contribution in [1.29, 1.82) is 0 Å². The van der Waals surface area contributed by atoms with Gasteiger partial charge in [0.25, 0.3) is 5.69 Å².